The molecule has 0 rings (SSSR count). The molecule has 0 aromatic carbocycles. The number of carboxylic acids is 2. The van der Waals surface area contributed by atoms with Crippen LogP contribution in [0.15, 0.2) is 0 Å². The molecule has 0 fully saturated rings. The maximum atomic E-state index is 10.0. The Morgan fingerprint density at radius 2 is 1.43 bits per heavy atom. The molecule has 126 valence electrons. The molecule has 1 N–H and O–H groups in total. The second-order valence-electron chi connectivity index (χ2n) is 7.19. The van der Waals surface area contributed by atoms with Crippen LogP contribution in [0.3, 0.4) is 0 Å². The van der Waals surface area contributed by atoms with Crippen molar-refractivity contribution < 1.29 is 33.9 Å². The highest BCUT2D eigenvalue weighted by Gasteiger charge is 2.14. The summed E-state index contributed by atoms with van der Waals surface area (Å²) >= 11 is 0. The van der Waals surface area contributed by atoms with Crippen LogP contribution in [0, 0.1) is 0 Å². The number of hydrogen-bond acceptors (Lipinski definition) is 5. The fourth-order valence-electron chi connectivity index (χ4n) is 1.59. The number of carboxylic acid groups (broad SMARTS) is 2. The zero-order valence-electron chi connectivity index (χ0n) is 14.1. The predicted octanol–water partition coefficient (Wildman–Crippen LogP) is -2.58. The molecule has 7 nitrogen and oxygen atoms in total. The van der Waals surface area contributed by atoms with Crippen molar-refractivity contribution in [3.8, 4) is 0 Å². The smallest absolute Gasteiger partial charge is 0.108 e. The van der Waals surface area contributed by atoms with E-state index < -0.39 is 18.0 Å². The molecule has 0 saturated carbocycles. The van der Waals surface area contributed by atoms with Crippen molar-refractivity contribution in [2.24, 2.45) is 0 Å². The summed E-state index contributed by atoms with van der Waals surface area (Å²) in [6.45, 7) is 1.31. The molecule has 0 radical (unpaired) electrons. The summed E-state index contributed by atoms with van der Waals surface area (Å²) in [5.74, 6) is -2.15. The van der Waals surface area contributed by atoms with E-state index in [4.69, 9.17) is 5.11 Å². The molecule has 1 unspecified atom stereocenters. The van der Waals surface area contributed by atoms with E-state index in [2.05, 4.69) is 0 Å². The molecule has 0 heterocycles. The van der Waals surface area contributed by atoms with Crippen LogP contribution in [0.4, 0.5) is 0 Å². The lowest BCUT2D eigenvalue weighted by molar-refractivity contribution is -0.873. The van der Waals surface area contributed by atoms with E-state index in [1.165, 1.54) is 0 Å². The van der Waals surface area contributed by atoms with Crippen molar-refractivity contribution in [1.29, 1.82) is 0 Å². The van der Waals surface area contributed by atoms with E-state index >= 15 is 0 Å². The molecular formula is C14H30N2O5. The molecule has 0 aliphatic carbocycles. The summed E-state index contributed by atoms with van der Waals surface area (Å²) in [5, 5.41) is 29.1. The fourth-order valence-corrected chi connectivity index (χ4v) is 1.59. The number of rotatable bonds is 8. The van der Waals surface area contributed by atoms with Crippen LogP contribution in [0.1, 0.15) is 19.3 Å². The monoisotopic (exact) mass is 306 g/mol. The van der Waals surface area contributed by atoms with Gasteiger partial charge in [-0.05, 0) is 6.42 Å². The first kappa shape index (κ1) is 22.1. The minimum absolute atomic E-state index is 0.176. The summed E-state index contributed by atoms with van der Waals surface area (Å²) < 4.78 is 1.36. The normalized spacial score (nSPS) is 13.1. The molecule has 0 aromatic heterocycles. The van der Waals surface area contributed by atoms with Gasteiger partial charge in [-0.2, -0.15) is 0 Å². The Morgan fingerprint density at radius 1 is 0.952 bits per heavy atom. The zero-order chi connectivity index (χ0) is 17.3. The standard InChI is InChI=1S/C7H15NO3.C7H15NO2/c1-8(2,3)5-6(9)4-7(10)11;1-8(2,3)6-4-5-7(9)10/h6,9H,4-5H2,1-3H3;4-6H2,1-3H3. The third kappa shape index (κ3) is 24.2. The lowest BCUT2D eigenvalue weighted by Crippen LogP contribution is -2.43. The number of hydrogen-bond donors (Lipinski definition) is 1. The van der Waals surface area contributed by atoms with Gasteiger partial charge in [0, 0.05) is 24.8 Å². The lowest BCUT2D eigenvalue weighted by atomic mass is 10.2. The summed E-state index contributed by atoms with van der Waals surface area (Å²) in [6, 6.07) is 0. The summed E-state index contributed by atoms with van der Waals surface area (Å²) in [6.07, 6.45) is -0.211. The van der Waals surface area contributed by atoms with E-state index in [9.17, 15) is 19.8 Å². The van der Waals surface area contributed by atoms with E-state index in [0.717, 1.165) is 11.0 Å². The van der Waals surface area contributed by atoms with Gasteiger partial charge >= 0.3 is 0 Å². The maximum absolute atomic E-state index is 10.0. The first-order valence-electron chi connectivity index (χ1n) is 6.91. The van der Waals surface area contributed by atoms with E-state index in [0.29, 0.717) is 17.4 Å². The maximum Gasteiger partial charge on any atom is 0.108 e. The van der Waals surface area contributed by atoms with Gasteiger partial charge in [-0.15, -0.1) is 0 Å². The van der Waals surface area contributed by atoms with Gasteiger partial charge in [-0.3, -0.25) is 0 Å². The third-order valence-corrected chi connectivity index (χ3v) is 2.37. The Morgan fingerprint density at radius 3 is 1.71 bits per heavy atom. The van der Waals surface area contributed by atoms with Gasteiger partial charge < -0.3 is 33.9 Å². The van der Waals surface area contributed by atoms with Gasteiger partial charge in [-0.1, -0.05) is 0 Å². The zero-order valence-corrected chi connectivity index (χ0v) is 14.1. The highest BCUT2D eigenvalue weighted by molar-refractivity contribution is 5.64. The van der Waals surface area contributed by atoms with Gasteiger partial charge in [0.05, 0.1) is 48.8 Å². The predicted molar refractivity (Wildman–Crippen MR) is 75.7 cm³/mol. The van der Waals surface area contributed by atoms with Crippen LogP contribution < -0.4 is 10.2 Å². The minimum atomic E-state index is -1.20. The number of aliphatic hydroxyl groups is 1. The Labute approximate surface area is 127 Å². The Kier molecular flexibility index (Phi) is 10.2. The van der Waals surface area contributed by atoms with Gasteiger partial charge in [0.2, 0.25) is 0 Å². The molecule has 7 heteroatoms. The van der Waals surface area contributed by atoms with Crippen LogP contribution in [0.5, 0.6) is 0 Å². The molecule has 0 aliphatic rings. The number of carbonyl (C=O) groups is 2. The number of aliphatic hydroxyl groups excluding tert-OH is 1. The Balaban J connectivity index is 0. The van der Waals surface area contributed by atoms with Crippen molar-refractivity contribution in [2.75, 3.05) is 55.4 Å². The van der Waals surface area contributed by atoms with Gasteiger partial charge in [0.15, 0.2) is 0 Å². The van der Waals surface area contributed by atoms with E-state index in [1.54, 1.807) is 0 Å². The van der Waals surface area contributed by atoms with Gasteiger partial charge in [-0.25, -0.2) is 0 Å². The van der Waals surface area contributed by atoms with Gasteiger partial charge in [0.1, 0.15) is 12.6 Å². The highest BCUT2D eigenvalue weighted by atomic mass is 16.4. The number of carbonyl (C=O) groups excluding carboxylic acids is 2. The first-order chi connectivity index (χ1) is 9.23. The second kappa shape index (κ2) is 9.70. The van der Waals surface area contributed by atoms with Crippen LogP contribution in [-0.2, 0) is 9.59 Å². The average molecular weight is 306 g/mol. The van der Waals surface area contributed by atoms with Crippen LogP contribution in [0.2, 0.25) is 0 Å². The number of nitrogens with zero attached hydrogens (tertiary/aromatic N) is 2. The third-order valence-electron chi connectivity index (χ3n) is 2.37. The largest absolute Gasteiger partial charge is 0.550 e. The topological polar surface area (TPSA) is 100 Å². The number of aliphatic carboxylic acids is 2. The molecule has 0 amide bonds. The van der Waals surface area contributed by atoms with Crippen molar-refractivity contribution in [2.45, 2.75) is 25.4 Å². The second-order valence-corrected chi connectivity index (χ2v) is 7.19. The highest BCUT2D eigenvalue weighted by Crippen LogP contribution is 1.98. The molecule has 0 aliphatic heterocycles. The Bertz CT molecular complexity index is 318. The molecule has 0 saturated heterocycles. The Hall–Kier alpha value is -1.18. The van der Waals surface area contributed by atoms with Crippen LogP contribution >= 0.6 is 0 Å². The molecule has 0 spiro atoms. The van der Waals surface area contributed by atoms with Crippen LogP contribution in [-0.4, -0.2) is 87.5 Å². The molecule has 0 bridgehead atoms. The van der Waals surface area contributed by atoms with Crippen molar-refractivity contribution >= 4 is 11.9 Å². The fraction of sp³-hybridized carbons (Fsp3) is 0.857. The lowest BCUT2D eigenvalue weighted by Gasteiger charge is -2.26. The molecule has 21 heavy (non-hydrogen) atoms. The van der Waals surface area contributed by atoms with E-state index in [1.807, 2.05) is 42.3 Å². The van der Waals surface area contributed by atoms with Crippen molar-refractivity contribution in [1.82, 2.24) is 0 Å². The first-order valence-corrected chi connectivity index (χ1v) is 6.91. The number of likely N-dealkylation sites (N-methyl/N-ethyl adjacent to an activating group) is 1. The minimum Gasteiger partial charge on any atom is -0.550 e. The molecule has 1 atom stereocenters. The SMILES string of the molecule is C[N+](C)(C)CC(O)CC(=O)[O-].C[N+](C)(C)CCCC(=O)[O-]. The van der Waals surface area contributed by atoms with Gasteiger partial charge in [0.25, 0.3) is 0 Å². The van der Waals surface area contributed by atoms with Crippen LogP contribution in [0.25, 0.3) is 0 Å². The summed E-state index contributed by atoms with van der Waals surface area (Å²) in [5.41, 5.74) is 0. The summed E-state index contributed by atoms with van der Waals surface area (Å²) in [4.78, 5) is 20.0. The number of quaternary nitrogens is 2. The van der Waals surface area contributed by atoms with E-state index in [-0.39, 0.29) is 12.8 Å². The quantitative estimate of drug-likeness (QED) is 0.496. The summed E-state index contributed by atoms with van der Waals surface area (Å²) in [7, 11) is 11.8. The average Bonchev–Trinajstić information content (AvgIpc) is 2.09. The molecule has 0 aromatic rings. The molecular weight excluding hydrogens is 276 g/mol. The van der Waals surface area contributed by atoms with Crippen molar-refractivity contribution in [3.05, 3.63) is 0 Å². The van der Waals surface area contributed by atoms with Crippen molar-refractivity contribution in [3.63, 3.8) is 0 Å².